The van der Waals surface area contributed by atoms with Crippen LogP contribution in [0.15, 0.2) is 57.8 Å². The average molecular weight is 498 g/mol. The van der Waals surface area contributed by atoms with E-state index < -0.39 is 0 Å². The number of fused-ring (bicyclic) bond motifs is 2. The summed E-state index contributed by atoms with van der Waals surface area (Å²) in [7, 11) is 1.73. The van der Waals surface area contributed by atoms with Crippen LogP contribution in [0, 0.1) is 5.82 Å². The van der Waals surface area contributed by atoms with Gasteiger partial charge in [0.15, 0.2) is 16.7 Å². The fraction of sp³-hybridized carbons (Fsp3) is 0.208. The maximum atomic E-state index is 13.2. The summed E-state index contributed by atoms with van der Waals surface area (Å²) in [6, 6.07) is 11.6. The molecule has 2 aromatic carbocycles. The van der Waals surface area contributed by atoms with Gasteiger partial charge in [-0.05, 0) is 35.4 Å². The first-order valence-electron chi connectivity index (χ1n) is 10.5. The molecule has 0 spiro atoms. The smallest absolute Gasteiger partial charge is 0.260 e. The summed E-state index contributed by atoms with van der Waals surface area (Å²) in [5, 5.41) is 2.68. The molecule has 0 saturated carbocycles. The Labute approximate surface area is 202 Å². The molecule has 7 nitrogen and oxygen atoms in total. The highest BCUT2D eigenvalue weighted by Gasteiger charge is 2.17. The van der Waals surface area contributed by atoms with Gasteiger partial charge in [-0.25, -0.2) is 9.37 Å². The number of aromatic nitrogens is 2. The van der Waals surface area contributed by atoms with Crippen LogP contribution in [0.3, 0.4) is 0 Å². The Morgan fingerprint density at radius 3 is 2.74 bits per heavy atom. The molecule has 0 fully saturated rings. The first kappa shape index (κ1) is 22.4. The van der Waals surface area contributed by atoms with Crippen LogP contribution in [0.2, 0.25) is 0 Å². The second-order valence-corrected chi connectivity index (χ2v) is 9.55. The molecule has 0 atom stereocenters. The SMILES string of the molecule is CN(Cc1ccc2c(c1)OCCO2)C(=O)CSc1nc2scc(-c3ccc(F)cc3)c2c(=O)[nH]1. The second-order valence-electron chi connectivity index (χ2n) is 7.72. The largest absolute Gasteiger partial charge is 0.486 e. The van der Waals surface area contributed by atoms with Crippen LogP contribution < -0.4 is 15.0 Å². The van der Waals surface area contributed by atoms with Crippen molar-refractivity contribution in [3.05, 3.63) is 69.6 Å². The number of rotatable bonds is 6. The minimum Gasteiger partial charge on any atom is -0.486 e. The number of aromatic amines is 1. The lowest BCUT2D eigenvalue weighted by molar-refractivity contribution is -0.127. The van der Waals surface area contributed by atoms with Crippen molar-refractivity contribution in [1.29, 1.82) is 0 Å². The summed E-state index contributed by atoms with van der Waals surface area (Å²) in [4.78, 5) is 34.9. The highest BCUT2D eigenvalue weighted by molar-refractivity contribution is 7.99. The summed E-state index contributed by atoms with van der Waals surface area (Å²) in [6.45, 7) is 1.46. The fourth-order valence-electron chi connectivity index (χ4n) is 3.63. The molecular formula is C24H20FN3O4S2. The first-order valence-corrected chi connectivity index (χ1v) is 12.4. The van der Waals surface area contributed by atoms with Crippen LogP contribution in [0.4, 0.5) is 4.39 Å². The van der Waals surface area contributed by atoms with E-state index in [2.05, 4.69) is 9.97 Å². The number of nitrogens with one attached hydrogen (secondary N) is 1. The monoisotopic (exact) mass is 497 g/mol. The predicted molar refractivity (Wildman–Crippen MR) is 130 cm³/mol. The summed E-state index contributed by atoms with van der Waals surface area (Å²) in [6.07, 6.45) is 0. The second kappa shape index (κ2) is 9.47. The number of halogens is 1. The zero-order valence-corrected chi connectivity index (χ0v) is 19.8. The minimum absolute atomic E-state index is 0.0965. The third-order valence-corrected chi connectivity index (χ3v) is 7.09. The summed E-state index contributed by atoms with van der Waals surface area (Å²) in [5.41, 5.74) is 2.10. The van der Waals surface area contributed by atoms with E-state index in [0.29, 0.717) is 52.2 Å². The Balaban J connectivity index is 1.26. The van der Waals surface area contributed by atoms with E-state index >= 15 is 0 Å². The Morgan fingerprint density at radius 2 is 1.94 bits per heavy atom. The molecule has 0 unspecified atom stereocenters. The van der Waals surface area contributed by atoms with E-state index in [-0.39, 0.29) is 23.0 Å². The van der Waals surface area contributed by atoms with Crippen molar-refractivity contribution in [2.45, 2.75) is 11.7 Å². The van der Waals surface area contributed by atoms with Crippen LogP contribution >= 0.6 is 23.1 Å². The lowest BCUT2D eigenvalue weighted by Crippen LogP contribution is -2.28. The quantitative estimate of drug-likeness (QED) is 0.316. The van der Waals surface area contributed by atoms with Gasteiger partial charge in [0, 0.05) is 24.5 Å². The maximum Gasteiger partial charge on any atom is 0.260 e. The number of nitrogens with zero attached hydrogens (tertiary/aromatic N) is 2. The zero-order valence-electron chi connectivity index (χ0n) is 18.2. The van der Waals surface area contributed by atoms with Crippen molar-refractivity contribution in [2.24, 2.45) is 0 Å². The number of thioether (sulfide) groups is 1. The number of hydrogen-bond donors (Lipinski definition) is 1. The molecule has 1 aliphatic rings. The van der Waals surface area contributed by atoms with Crippen LogP contribution in [0.1, 0.15) is 5.56 Å². The molecule has 0 radical (unpaired) electrons. The molecule has 1 amide bonds. The molecule has 34 heavy (non-hydrogen) atoms. The van der Waals surface area contributed by atoms with Crippen LogP contribution in [-0.2, 0) is 11.3 Å². The Kier molecular flexibility index (Phi) is 6.25. The lowest BCUT2D eigenvalue weighted by Gasteiger charge is -2.21. The van der Waals surface area contributed by atoms with E-state index in [9.17, 15) is 14.0 Å². The Morgan fingerprint density at radius 1 is 1.18 bits per heavy atom. The Hall–Kier alpha value is -3.37. The van der Waals surface area contributed by atoms with Gasteiger partial charge < -0.3 is 19.4 Å². The number of ether oxygens (including phenoxy) is 2. The highest BCUT2D eigenvalue weighted by Crippen LogP contribution is 2.32. The van der Waals surface area contributed by atoms with Gasteiger partial charge in [-0.2, -0.15) is 0 Å². The fourth-order valence-corrected chi connectivity index (χ4v) is 5.43. The van der Waals surface area contributed by atoms with Crippen LogP contribution in [0.5, 0.6) is 11.5 Å². The molecule has 3 heterocycles. The van der Waals surface area contributed by atoms with Gasteiger partial charge in [0.25, 0.3) is 5.56 Å². The predicted octanol–water partition coefficient (Wildman–Crippen LogP) is 4.31. The molecular weight excluding hydrogens is 477 g/mol. The molecule has 0 saturated heterocycles. The van der Waals surface area contributed by atoms with Crippen molar-refractivity contribution in [2.75, 3.05) is 26.0 Å². The van der Waals surface area contributed by atoms with Crippen molar-refractivity contribution in [1.82, 2.24) is 14.9 Å². The molecule has 0 bridgehead atoms. The van der Waals surface area contributed by atoms with E-state index in [1.807, 2.05) is 23.6 Å². The lowest BCUT2D eigenvalue weighted by atomic mass is 10.1. The van der Waals surface area contributed by atoms with Crippen LogP contribution in [0.25, 0.3) is 21.3 Å². The van der Waals surface area contributed by atoms with Gasteiger partial charge in [-0.1, -0.05) is 30.0 Å². The summed E-state index contributed by atoms with van der Waals surface area (Å²) in [5.74, 6) is 1.09. The molecule has 4 aromatic rings. The number of hydrogen-bond acceptors (Lipinski definition) is 7. The summed E-state index contributed by atoms with van der Waals surface area (Å²) >= 11 is 2.52. The number of amides is 1. The molecule has 1 aliphatic heterocycles. The molecule has 1 N–H and O–H groups in total. The molecule has 5 rings (SSSR count). The van der Waals surface area contributed by atoms with Crippen molar-refractivity contribution >= 4 is 39.2 Å². The van der Waals surface area contributed by atoms with E-state index in [1.165, 1.54) is 35.2 Å². The molecule has 10 heteroatoms. The van der Waals surface area contributed by atoms with E-state index in [0.717, 1.165) is 11.1 Å². The van der Waals surface area contributed by atoms with Crippen molar-refractivity contribution in [3.8, 4) is 22.6 Å². The molecule has 174 valence electrons. The van der Waals surface area contributed by atoms with Gasteiger partial charge in [0.2, 0.25) is 5.91 Å². The number of benzene rings is 2. The first-order chi connectivity index (χ1) is 16.5. The summed E-state index contributed by atoms with van der Waals surface area (Å²) < 4.78 is 24.4. The topological polar surface area (TPSA) is 84.5 Å². The highest BCUT2D eigenvalue weighted by atomic mass is 32.2. The van der Waals surface area contributed by atoms with Crippen LogP contribution in [-0.4, -0.2) is 46.8 Å². The number of thiophene rings is 1. The van der Waals surface area contributed by atoms with Gasteiger partial charge in [-0.3, -0.25) is 9.59 Å². The van der Waals surface area contributed by atoms with Gasteiger partial charge in [0.1, 0.15) is 23.9 Å². The third kappa shape index (κ3) is 4.64. The number of H-pyrrole nitrogens is 1. The third-order valence-electron chi connectivity index (χ3n) is 5.36. The number of carbonyl (C=O) groups is 1. The molecule has 0 aliphatic carbocycles. The average Bonchev–Trinajstić information content (AvgIpc) is 3.27. The maximum absolute atomic E-state index is 13.2. The zero-order chi connectivity index (χ0) is 23.7. The standard InChI is InChI=1S/C24H20FN3O4S2/c1-28(11-14-2-7-18-19(10-14)32-9-8-31-18)20(29)13-34-24-26-22(30)21-17(12-33-23(21)27-24)15-3-5-16(25)6-4-15/h2-7,10,12H,8-9,11,13H2,1H3,(H,26,27,30). The van der Waals surface area contributed by atoms with Crippen molar-refractivity contribution in [3.63, 3.8) is 0 Å². The molecule has 2 aromatic heterocycles. The minimum atomic E-state index is -0.336. The van der Waals surface area contributed by atoms with Crippen molar-refractivity contribution < 1.29 is 18.7 Å². The van der Waals surface area contributed by atoms with E-state index in [1.54, 1.807) is 24.1 Å². The van der Waals surface area contributed by atoms with Gasteiger partial charge >= 0.3 is 0 Å². The normalized spacial score (nSPS) is 12.6. The van der Waals surface area contributed by atoms with Gasteiger partial charge in [0.05, 0.1) is 11.1 Å². The number of carbonyl (C=O) groups excluding carboxylic acids is 1. The van der Waals surface area contributed by atoms with E-state index in [4.69, 9.17) is 9.47 Å². The Bertz CT molecular complexity index is 1420. The van der Waals surface area contributed by atoms with Gasteiger partial charge in [-0.15, -0.1) is 11.3 Å².